The van der Waals surface area contributed by atoms with E-state index in [9.17, 15) is 9.36 Å². The van der Waals surface area contributed by atoms with E-state index >= 15 is 4.39 Å². The van der Waals surface area contributed by atoms with Gasteiger partial charge in [-0.25, -0.2) is 19.0 Å². The van der Waals surface area contributed by atoms with E-state index in [0.29, 0.717) is 6.61 Å². The van der Waals surface area contributed by atoms with Crippen LogP contribution in [0.3, 0.4) is 0 Å². The number of hydrogen-bond acceptors (Lipinski definition) is 13. The maximum absolute atomic E-state index is 16.1. The molecule has 0 amide bonds. The maximum Gasteiger partial charge on any atom is 0.408 e. The van der Waals surface area contributed by atoms with Crippen molar-refractivity contribution in [2.24, 2.45) is 20.7 Å². The van der Waals surface area contributed by atoms with Crippen LogP contribution < -0.4 is 10.8 Å². The van der Waals surface area contributed by atoms with Gasteiger partial charge in [0.25, 0.3) is 0 Å². The summed E-state index contributed by atoms with van der Waals surface area (Å²) in [5.74, 6) is -0.378. The molecular formula is C19H30FN6O8P. The summed E-state index contributed by atoms with van der Waals surface area (Å²) in [7, 11) is -3.95. The molecule has 0 bridgehead atoms. The van der Waals surface area contributed by atoms with Gasteiger partial charge in [-0.3, -0.25) is 18.8 Å². The maximum atomic E-state index is 16.1. The van der Waals surface area contributed by atoms with E-state index in [2.05, 4.69) is 20.1 Å². The molecule has 2 fully saturated rings. The van der Waals surface area contributed by atoms with Gasteiger partial charge in [0.05, 0.1) is 25.7 Å². The summed E-state index contributed by atoms with van der Waals surface area (Å²) in [5.41, 5.74) is 3.77. The molecule has 14 nitrogen and oxygen atoms in total. The summed E-state index contributed by atoms with van der Waals surface area (Å²) >= 11 is 0. The van der Waals surface area contributed by atoms with E-state index in [0.717, 1.165) is 0 Å². The largest absolute Gasteiger partial charge is 0.479 e. The van der Waals surface area contributed by atoms with Gasteiger partial charge in [0, 0.05) is 0 Å². The van der Waals surface area contributed by atoms with Crippen molar-refractivity contribution in [3.05, 3.63) is 0 Å². The van der Waals surface area contributed by atoms with Crippen LogP contribution >= 0.6 is 7.75 Å². The molecule has 4 aliphatic heterocycles. The second-order valence-electron chi connectivity index (χ2n) is 8.62. The molecule has 5 unspecified atom stereocenters. The molecular weight excluding hydrogens is 490 g/mol. The average Bonchev–Trinajstić information content (AvgIpc) is 3.27. The first kappa shape index (κ1) is 25.9. The predicted octanol–water partition coefficient (Wildman–Crippen LogP) is 0.280. The first-order valence-electron chi connectivity index (χ1n) is 11.2. The number of alkyl halides is 1. The standard InChI is InChI=1S/C19H30FN6O8P/c1-5-29-16-13-15(24-18(21)25-16)26(8-22-13)17-19(4,20)14-11(34-17)7-31-35(28,32-9-30-14)23-6-12(27)33-10(2)3/h8,10-11,13-15,17H,5-7,9H2,1-4H3,(H2,21,24)(H,23,28)/t11-,13?,14?,15?,17-,19?,35?/m1/s1. The molecule has 35 heavy (non-hydrogen) atoms. The summed E-state index contributed by atoms with van der Waals surface area (Å²) in [5, 5.41) is 2.41. The third-order valence-corrected chi connectivity index (χ3v) is 7.08. The fraction of sp³-hybridized carbons (Fsp3) is 0.789. The minimum atomic E-state index is -3.95. The molecule has 4 rings (SSSR count). The molecule has 0 aliphatic carbocycles. The molecule has 0 aromatic carbocycles. The van der Waals surface area contributed by atoms with Crippen molar-refractivity contribution in [1.82, 2.24) is 9.99 Å². The fourth-order valence-corrected chi connectivity index (χ4v) is 5.29. The first-order chi connectivity index (χ1) is 16.5. The Hall–Kier alpha value is -2.16. The second-order valence-corrected chi connectivity index (χ2v) is 10.4. The van der Waals surface area contributed by atoms with Crippen molar-refractivity contribution in [2.75, 3.05) is 26.6 Å². The van der Waals surface area contributed by atoms with Crippen LogP contribution in [0.2, 0.25) is 0 Å². The third-order valence-electron chi connectivity index (χ3n) is 5.60. The Morgan fingerprint density at radius 2 is 2.23 bits per heavy atom. The molecule has 0 aromatic rings. The number of nitrogens with one attached hydrogen (secondary N) is 1. The lowest BCUT2D eigenvalue weighted by atomic mass is 9.97. The Labute approximate surface area is 201 Å². The molecule has 16 heteroatoms. The minimum absolute atomic E-state index is 0.0224. The Morgan fingerprint density at radius 3 is 2.94 bits per heavy atom. The molecule has 7 atom stereocenters. The quantitative estimate of drug-likeness (QED) is 0.365. The van der Waals surface area contributed by atoms with Gasteiger partial charge in [-0.2, -0.15) is 4.99 Å². The summed E-state index contributed by atoms with van der Waals surface area (Å²) in [6.07, 6.45) is -2.91. The zero-order chi connectivity index (χ0) is 25.4. The number of nitrogens with zero attached hydrogens (tertiary/aromatic N) is 4. The van der Waals surface area contributed by atoms with Crippen molar-refractivity contribution in [2.45, 2.75) is 70.1 Å². The summed E-state index contributed by atoms with van der Waals surface area (Å²) in [6, 6.07) is -0.606. The van der Waals surface area contributed by atoms with Crippen LogP contribution in [0.1, 0.15) is 27.7 Å². The number of hydrogen-bond donors (Lipinski definition) is 2. The number of carbonyl (C=O) groups excluding carboxylic acids is 1. The fourth-order valence-electron chi connectivity index (χ4n) is 4.17. The van der Waals surface area contributed by atoms with Crippen LogP contribution in [-0.2, 0) is 37.4 Å². The normalized spacial score (nSPS) is 38.8. The SMILES string of the molecule is CCOC1=NC(N)=NC2C1N=CN2[C@@H]1O[C@@H]2COP(=O)(NCC(=O)OC(C)C)OCOC2C1(C)F. The van der Waals surface area contributed by atoms with Crippen LogP contribution in [0.4, 0.5) is 4.39 Å². The molecule has 0 spiro atoms. The van der Waals surface area contributed by atoms with Crippen molar-refractivity contribution >= 4 is 31.9 Å². The Kier molecular flexibility index (Phi) is 7.46. The number of carbonyl (C=O) groups is 1. The van der Waals surface area contributed by atoms with E-state index in [4.69, 9.17) is 33.7 Å². The third kappa shape index (κ3) is 5.34. The highest BCUT2D eigenvalue weighted by Gasteiger charge is 2.61. The van der Waals surface area contributed by atoms with Gasteiger partial charge in [-0.1, -0.05) is 0 Å². The molecule has 2 saturated heterocycles. The Morgan fingerprint density at radius 1 is 1.46 bits per heavy atom. The van der Waals surface area contributed by atoms with Crippen molar-refractivity contribution in [3.63, 3.8) is 0 Å². The number of guanidine groups is 1. The van der Waals surface area contributed by atoms with E-state index in [1.165, 1.54) is 18.2 Å². The number of esters is 1. The molecule has 0 radical (unpaired) electrons. The number of rotatable bonds is 6. The highest BCUT2D eigenvalue weighted by Crippen LogP contribution is 2.48. The number of ether oxygens (including phenoxy) is 4. The van der Waals surface area contributed by atoms with Gasteiger partial charge in [-0.15, -0.1) is 0 Å². The lowest BCUT2D eigenvalue weighted by Gasteiger charge is -2.36. The van der Waals surface area contributed by atoms with E-state index in [-0.39, 0.29) is 24.6 Å². The van der Waals surface area contributed by atoms with E-state index in [1.807, 2.05) is 0 Å². The first-order valence-corrected chi connectivity index (χ1v) is 12.7. The number of halogens is 1. The lowest BCUT2D eigenvalue weighted by Crippen LogP contribution is -2.55. The molecule has 3 N–H and O–H groups in total. The summed E-state index contributed by atoms with van der Waals surface area (Å²) in [4.78, 5) is 26.0. The number of aliphatic imine (C=N–C) groups is 3. The summed E-state index contributed by atoms with van der Waals surface area (Å²) < 4.78 is 61.7. The zero-order valence-electron chi connectivity index (χ0n) is 19.8. The van der Waals surface area contributed by atoms with Crippen molar-refractivity contribution < 1.29 is 41.7 Å². The van der Waals surface area contributed by atoms with Crippen LogP contribution in [0.15, 0.2) is 15.0 Å². The molecule has 4 heterocycles. The van der Waals surface area contributed by atoms with Crippen LogP contribution in [-0.4, -0.2) is 98.0 Å². The van der Waals surface area contributed by atoms with Gasteiger partial charge in [0.2, 0.25) is 11.9 Å². The topological polar surface area (TPSA) is 168 Å². The van der Waals surface area contributed by atoms with E-state index in [1.54, 1.807) is 20.8 Å². The van der Waals surface area contributed by atoms with Gasteiger partial charge in [-0.05, 0) is 27.7 Å². The van der Waals surface area contributed by atoms with Gasteiger partial charge < -0.3 is 29.6 Å². The van der Waals surface area contributed by atoms with Gasteiger partial charge in [0.15, 0.2) is 30.9 Å². The number of fused-ring (bicyclic) bond motifs is 2. The average molecular weight is 520 g/mol. The molecule has 4 aliphatic rings. The Balaban J connectivity index is 1.44. The lowest BCUT2D eigenvalue weighted by molar-refractivity contribution is -0.146. The highest BCUT2D eigenvalue weighted by atomic mass is 31.2. The monoisotopic (exact) mass is 520 g/mol. The van der Waals surface area contributed by atoms with E-state index < -0.39 is 63.4 Å². The van der Waals surface area contributed by atoms with Crippen molar-refractivity contribution in [3.8, 4) is 0 Å². The van der Waals surface area contributed by atoms with Crippen molar-refractivity contribution in [1.29, 1.82) is 0 Å². The zero-order valence-corrected chi connectivity index (χ0v) is 20.7. The second kappa shape index (κ2) is 10.1. The number of nitrogens with two attached hydrogens (primary N) is 1. The smallest absolute Gasteiger partial charge is 0.408 e. The van der Waals surface area contributed by atoms with Crippen LogP contribution in [0, 0.1) is 0 Å². The van der Waals surface area contributed by atoms with Gasteiger partial charge in [0.1, 0.15) is 18.8 Å². The molecule has 196 valence electrons. The molecule has 0 aromatic heterocycles. The minimum Gasteiger partial charge on any atom is -0.479 e. The highest BCUT2D eigenvalue weighted by molar-refractivity contribution is 7.51. The Bertz CT molecular complexity index is 962. The van der Waals surface area contributed by atoms with Crippen LogP contribution in [0.5, 0.6) is 0 Å². The predicted molar refractivity (Wildman–Crippen MR) is 120 cm³/mol. The summed E-state index contributed by atoms with van der Waals surface area (Å²) in [6.45, 7) is 5.53. The molecule has 0 saturated carbocycles. The van der Waals surface area contributed by atoms with Gasteiger partial charge >= 0.3 is 13.7 Å². The van der Waals surface area contributed by atoms with Crippen LogP contribution in [0.25, 0.3) is 0 Å².